The summed E-state index contributed by atoms with van der Waals surface area (Å²) in [4.78, 5) is 35.2. The molecule has 0 radical (unpaired) electrons. The highest BCUT2D eigenvalue weighted by atomic mass is 16.5. The van der Waals surface area contributed by atoms with E-state index < -0.39 is 24.3 Å². The Balaban J connectivity index is 1.89. The van der Waals surface area contributed by atoms with Crippen LogP contribution in [-0.2, 0) is 19.1 Å². The van der Waals surface area contributed by atoms with Crippen molar-refractivity contribution in [2.24, 2.45) is 11.8 Å². The molecular formula is C10H11NO5. The molecule has 4 atom stereocenters. The first-order valence-corrected chi connectivity index (χ1v) is 5.32. The van der Waals surface area contributed by atoms with Crippen molar-refractivity contribution in [3.63, 3.8) is 0 Å². The molecule has 3 fully saturated rings. The molecule has 6 nitrogen and oxygen atoms in total. The standard InChI is InChI=1S/C10H11NO5/c12-6(13)3-11-9(14)7-4-1-2-5(16-4)8(7)10(11)15/h4-5,7-8H,1-3H2,(H,12,13)/t4-,5+,7+,8-. The number of hydrogen-bond acceptors (Lipinski definition) is 4. The number of amides is 2. The average Bonchev–Trinajstić information content (AvgIpc) is 2.87. The van der Waals surface area contributed by atoms with Crippen LogP contribution in [0.25, 0.3) is 0 Å². The maximum Gasteiger partial charge on any atom is 0.323 e. The molecule has 3 aliphatic heterocycles. The minimum Gasteiger partial charge on any atom is -0.480 e. The summed E-state index contributed by atoms with van der Waals surface area (Å²) in [5.41, 5.74) is 0. The number of carbonyl (C=O) groups excluding carboxylic acids is 2. The van der Waals surface area contributed by atoms with E-state index in [1.165, 1.54) is 0 Å². The molecule has 0 spiro atoms. The van der Waals surface area contributed by atoms with Crippen LogP contribution < -0.4 is 0 Å². The van der Waals surface area contributed by atoms with E-state index >= 15 is 0 Å². The lowest BCUT2D eigenvalue weighted by atomic mass is 9.81. The predicted molar refractivity (Wildman–Crippen MR) is 49.2 cm³/mol. The molecule has 3 rings (SSSR count). The van der Waals surface area contributed by atoms with Gasteiger partial charge in [-0.2, -0.15) is 0 Å². The summed E-state index contributed by atoms with van der Waals surface area (Å²) in [5.74, 6) is -2.75. The molecule has 0 aromatic rings. The molecule has 2 amide bonds. The molecule has 1 N–H and O–H groups in total. The van der Waals surface area contributed by atoms with Crippen molar-refractivity contribution in [2.75, 3.05) is 6.54 Å². The van der Waals surface area contributed by atoms with Gasteiger partial charge in [0.2, 0.25) is 11.8 Å². The molecule has 2 bridgehead atoms. The van der Waals surface area contributed by atoms with Crippen molar-refractivity contribution < 1.29 is 24.2 Å². The van der Waals surface area contributed by atoms with Gasteiger partial charge in [-0.15, -0.1) is 0 Å². The minimum absolute atomic E-state index is 0.176. The van der Waals surface area contributed by atoms with E-state index in [1.807, 2.05) is 0 Å². The zero-order valence-corrected chi connectivity index (χ0v) is 8.46. The van der Waals surface area contributed by atoms with Gasteiger partial charge in [0.1, 0.15) is 6.54 Å². The highest BCUT2D eigenvalue weighted by molar-refractivity contribution is 6.07. The van der Waals surface area contributed by atoms with Crippen molar-refractivity contribution in [3.8, 4) is 0 Å². The Kier molecular flexibility index (Phi) is 1.85. The zero-order valence-electron chi connectivity index (χ0n) is 8.46. The van der Waals surface area contributed by atoms with Crippen LogP contribution in [0.2, 0.25) is 0 Å². The Bertz CT molecular complexity index is 365. The van der Waals surface area contributed by atoms with E-state index in [0.29, 0.717) is 0 Å². The quantitative estimate of drug-likeness (QED) is 0.624. The molecular weight excluding hydrogens is 214 g/mol. The summed E-state index contributed by atoms with van der Waals surface area (Å²) >= 11 is 0. The van der Waals surface area contributed by atoms with Crippen LogP contribution in [-0.4, -0.2) is 46.5 Å². The largest absolute Gasteiger partial charge is 0.480 e. The monoisotopic (exact) mass is 225 g/mol. The first kappa shape index (κ1) is 9.77. The topological polar surface area (TPSA) is 83.9 Å². The van der Waals surface area contributed by atoms with E-state index in [9.17, 15) is 14.4 Å². The molecule has 0 saturated carbocycles. The fourth-order valence-corrected chi connectivity index (χ4v) is 3.06. The number of carboxylic acids is 1. The van der Waals surface area contributed by atoms with Gasteiger partial charge in [-0.3, -0.25) is 19.3 Å². The van der Waals surface area contributed by atoms with Gasteiger partial charge < -0.3 is 9.84 Å². The maximum atomic E-state index is 11.9. The normalized spacial score (nSPS) is 40.6. The summed E-state index contributed by atoms with van der Waals surface area (Å²) in [6.07, 6.45) is 1.24. The van der Waals surface area contributed by atoms with Crippen LogP contribution in [0.5, 0.6) is 0 Å². The van der Waals surface area contributed by atoms with Gasteiger partial charge in [-0.05, 0) is 12.8 Å². The molecule has 16 heavy (non-hydrogen) atoms. The van der Waals surface area contributed by atoms with Crippen LogP contribution in [0.4, 0.5) is 0 Å². The number of hydrogen-bond donors (Lipinski definition) is 1. The van der Waals surface area contributed by atoms with Crippen LogP contribution in [0.15, 0.2) is 0 Å². The number of aliphatic carboxylic acids is 1. The SMILES string of the molecule is O=C(O)CN1C(=O)[C@@H]2[C@H](C1=O)[C@@H]1CC[C@H]2O1. The van der Waals surface area contributed by atoms with Crippen LogP contribution in [0.1, 0.15) is 12.8 Å². The van der Waals surface area contributed by atoms with Gasteiger partial charge in [-0.25, -0.2) is 0 Å². The Labute approximate surface area is 91.2 Å². The molecule has 0 unspecified atom stereocenters. The number of carbonyl (C=O) groups is 3. The molecule has 3 saturated heterocycles. The molecule has 0 aliphatic carbocycles. The minimum atomic E-state index is -1.16. The van der Waals surface area contributed by atoms with E-state index in [-0.39, 0.29) is 24.0 Å². The molecule has 0 aromatic heterocycles. The number of ether oxygens (including phenoxy) is 1. The third-order valence-electron chi connectivity index (χ3n) is 3.67. The second-order valence-corrected chi connectivity index (χ2v) is 4.50. The molecule has 6 heteroatoms. The number of likely N-dealkylation sites (tertiary alicyclic amines) is 1. The highest BCUT2D eigenvalue weighted by Crippen LogP contribution is 2.48. The summed E-state index contributed by atoms with van der Waals surface area (Å²) in [6, 6.07) is 0. The number of nitrogens with zero attached hydrogens (tertiary/aromatic N) is 1. The summed E-state index contributed by atoms with van der Waals surface area (Å²) in [6.45, 7) is -0.524. The predicted octanol–water partition coefficient (Wildman–Crippen LogP) is -0.767. The second-order valence-electron chi connectivity index (χ2n) is 4.50. The lowest BCUT2D eigenvalue weighted by Crippen LogP contribution is -2.38. The van der Waals surface area contributed by atoms with Gasteiger partial charge in [0, 0.05) is 0 Å². The Morgan fingerprint density at radius 3 is 2.19 bits per heavy atom. The zero-order chi connectivity index (χ0) is 11.4. The van der Waals surface area contributed by atoms with Gasteiger partial charge in [0.05, 0.1) is 24.0 Å². The lowest BCUT2D eigenvalue weighted by Gasteiger charge is -2.15. The Hall–Kier alpha value is -1.43. The van der Waals surface area contributed by atoms with Crippen molar-refractivity contribution in [1.82, 2.24) is 4.90 Å². The van der Waals surface area contributed by atoms with E-state index in [2.05, 4.69) is 0 Å². The number of fused-ring (bicyclic) bond motifs is 5. The van der Waals surface area contributed by atoms with Gasteiger partial charge >= 0.3 is 5.97 Å². The maximum absolute atomic E-state index is 11.9. The van der Waals surface area contributed by atoms with Crippen molar-refractivity contribution in [3.05, 3.63) is 0 Å². The first-order valence-electron chi connectivity index (χ1n) is 5.32. The third kappa shape index (κ3) is 1.07. The fourth-order valence-electron chi connectivity index (χ4n) is 3.06. The molecule has 86 valence electrons. The van der Waals surface area contributed by atoms with Crippen molar-refractivity contribution >= 4 is 17.8 Å². The Morgan fingerprint density at radius 2 is 1.75 bits per heavy atom. The number of carboxylic acid groups (broad SMARTS) is 1. The lowest BCUT2D eigenvalue weighted by molar-refractivity contribution is -0.151. The van der Waals surface area contributed by atoms with E-state index in [1.54, 1.807) is 0 Å². The highest BCUT2D eigenvalue weighted by Gasteiger charge is 2.62. The van der Waals surface area contributed by atoms with Crippen molar-refractivity contribution in [2.45, 2.75) is 25.0 Å². The van der Waals surface area contributed by atoms with Crippen LogP contribution >= 0.6 is 0 Å². The van der Waals surface area contributed by atoms with Gasteiger partial charge in [0.25, 0.3) is 0 Å². The van der Waals surface area contributed by atoms with Gasteiger partial charge in [0.15, 0.2) is 0 Å². The number of rotatable bonds is 2. The fraction of sp³-hybridized carbons (Fsp3) is 0.700. The van der Waals surface area contributed by atoms with Crippen LogP contribution in [0.3, 0.4) is 0 Å². The molecule has 3 heterocycles. The average molecular weight is 225 g/mol. The smallest absolute Gasteiger partial charge is 0.323 e. The third-order valence-corrected chi connectivity index (χ3v) is 3.67. The molecule has 0 aromatic carbocycles. The number of imide groups is 1. The van der Waals surface area contributed by atoms with E-state index in [4.69, 9.17) is 9.84 Å². The van der Waals surface area contributed by atoms with Crippen molar-refractivity contribution in [1.29, 1.82) is 0 Å². The Morgan fingerprint density at radius 1 is 1.25 bits per heavy atom. The second kappa shape index (κ2) is 3.04. The summed E-state index contributed by atoms with van der Waals surface area (Å²) in [7, 11) is 0. The van der Waals surface area contributed by atoms with Gasteiger partial charge in [-0.1, -0.05) is 0 Å². The molecule has 3 aliphatic rings. The summed E-state index contributed by atoms with van der Waals surface area (Å²) in [5, 5.41) is 8.64. The summed E-state index contributed by atoms with van der Waals surface area (Å²) < 4.78 is 5.52. The first-order chi connectivity index (χ1) is 7.59. The van der Waals surface area contributed by atoms with E-state index in [0.717, 1.165) is 17.7 Å². The van der Waals surface area contributed by atoms with Crippen LogP contribution in [0, 0.1) is 11.8 Å².